The minimum absolute atomic E-state index is 0.0723. The number of ether oxygens (including phenoxy) is 1. The molecule has 4 rings (SSSR count). The van der Waals surface area contributed by atoms with E-state index in [1.54, 1.807) is 18.2 Å². The summed E-state index contributed by atoms with van der Waals surface area (Å²) in [5.74, 6) is 0.842. The van der Waals surface area contributed by atoms with Crippen LogP contribution < -0.4 is 10.3 Å². The lowest BCUT2D eigenvalue weighted by Crippen LogP contribution is -2.46. The molecular weight excluding hydrogens is 528 g/mol. The molecule has 10 heteroatoms. The maximum absolute atomic E-state index is 13.8. The van der Waals surface area contributed by atoms with Crippen LogP contribution in [0.3, 0.4) is 0 Å². The molecule has 0 bridgehead atoms. The molecular formula is C30H44N4O5S. The number of sulfonamides is 1. The van der Waals surface area contributed by atoms with Gasteiger partial charge in [0.2, 0.25) is 10.0 Å². The highest BCUT2D eigenvalue weighted by molar-refractivity contribution is 7.89. The summed E-state index contributed by atoms with van der Waals surface area (Å²) < 4.78 is 37.0. The number of nitrogens with one attached hydrogen (secondary N) is 1. The average molecular weight is 573 g/mol. The minimum atomic E-state index is -3.81. The second-order valence-electron chi connectivity index (χ2n) is 10.8. The summed E-state index contributed by atoms with van der Waals surface area (Å²) in [6.07, 6.45) is 6.99. The summed E-state index contributed by atoms with van der Waals surface area (Å²) in [7, 11) is -3.81. The molecule has 0 amide bonds. The molecule has 1 aromatic carbocycles. The fourth-order valence-corrected chi connectivity index (χ4v) is 7.40. The summed E-state index contributed by atoms with van der Waals surface area (Å²) in [6.45, 7) is 11.8. The van der Waals surface area contributed by atoms with Crippen molar-refractivity contribution in [3.05, 3.63) is 40.3 Å². The number of nitrogens with zero attached hydrogens (tertiary/aromatic N) is 3. The molecule has 1 aliphatic heterocycles. The van der Waals surface area contributed by atoms with Crippen molar-refractivity contribution < 1.29 is 18.3 Å². The lowest BCUT2D eigenvalue weighted by Gasteiger charge is -2.40. The van der Waals surface area contributed by atoms with Crippen molar-refractivity contribution in [1.29, 1.82) is 0 Å². The molecule has 0 unspecified atom stereocenters. The second-order valence-corrected chi connectivity index (χ2v) is 12.7. The summed E-state index contributed by atoms with van der Waals surface area (Å²) in [5, 5.41) is 11.0. The first-order valence-electron chi connectivity index (χ1n) is 14.7. The Morgan fingerprint density at radius 1 is 1.10 bits per heavy atom. The number of H-pyrrole nitrogens is 1. The molecule has 0 spiro atoms. The Labute approximate surface area is 237 Å². The Hall–Kier alpha value is -2.69. The van der Waals surface area contributed by atoms with E-state index in [1.165, 1.54) is 4.31 Å². The Balaban J connectivity index is 1.75. The standard InChI is InChI=1S/C30H44N4O5S/c1-6-11-21-20-33(10-5)27-26(21)31-28(32-29(27)35)24-19-23(12-13-25(24)39-18-7-2)40(37,38)34-16-14-22(15-17-34)30(36,8-3)9-4/h12-13,19-20,22,36H,6-11,14-18H2,1-5H3,(H,31,32,35). The molecule has 3 heterocycles. The summed E-state index contributed by atoms with van der Waals surface area (Å²) in [4.78, 5) is 21.2. The largest absolute Gasteiger partial charge is 0.493 e. The zero-order chi connectivity index (χ0) is 29.1. The van der Waals surface area contributed by atoms with Gasteiger partial charge in [0.15, 0.2) is 0 Å². The third-order valence-electron chi connectivity index (χ3n) is 8.40. The number of hydrogen-bond donors (Lipinski definition) is 2. The van der Waals surface area contributed by atoms with Crippen LogP contribution >= 0.6 is 0 Å². The first-order chi connectivity index (χ1) is 19.1. The van der Waals surface area contributed by atoms with Gasteiger partial charge in [-0.15, -0.1) is 0 Å². The van der Waals surface area contributed by atoms with Crippen LogP contribution in [0.15, 0.2) is 34.1 Å². The predicted molar refractivity (Wildman–Crippen MR) is 158 cm³/mol. The lowest BCUT2D eigenvalue weighted by molar-refractivity contribution is -0.0426. The van der Waals surface area contributed by atoms with Crippen molar-refractivity contribution in [3.63, 3.8) is 0 Å². The highest BCUT2D eigenvalue weighted by atomic mass is 32.2. The predicted octanol–water partition coefficient (Wildman–Crippen LogP) is 5.10. The number of aliphatic hydroxyl groups is 1. The van der Waals surface area contributed by atoms with Gasteiger partial charge in [-0.25, -0.2) is 13.4 Å². The van der Waals surface area contributed by atoms with Crippen LogP contribution in [0.2, 0.25) is 0 Å². The van der Waals surface area contributed by atoms with Crippen LogP contribution in [-0.4, -0.2) is 57.7 Å². The number of benzene rings is 1. The van der Waals surface area contributed by atoms with Gasteiger partial charge >= 0.3 is 0 Å². The van der Waals surface area contributed by atoms with E-state index in [9.17, 15) is 18.3 Å². The fraction of sp³-hybridized carbons (Fsp3) is 0.600. The Morgan fingerprint density at radius 3 is 2.40 bits per heavy atom. The smallest absolute Gasteiger partial charge is 0.275 e. The second kappa shape index (κ2) is 12.4. The number of aryl methyl sites for hydroxylation is 2. The molecule has 3 aromatic rings. The molecule has 1 saturated heterocycles. The molecule has 2 N–H and O–H groups in total. The van der Waals surface area contributed by atoms with Crippen LogP contribution in [0.1, 0.15) is 78.7 Å². The molecule has 0 radical (unpaired) electrons. The zero-order valence-corrected chi connectivity index (χ0v) is 25.3. The summed E-state index contributed by atoms with van der Waals surface area (Å²) in [5.41, 5.74) is 1.58. The van der Waals surface area contributed by atoms with Gasteiger partial charge in [0.05, 0.1) is 28.2 Å². The molecule has 0 atom stereocenters. The van der Waals surface area contributed by atoms with E-state index >= 15 is 0 Å². The molecule has 0 aliphatic carbocycles. The Kier molecular flexibility index (Phi) is 9.42. The van der Waals surface area contributed by atoms with Gasteiger partial charge in [-0.05, 0) is 75.1 Å². The molecule has 2 aromatic heterocycles. The van der Waals surface area contributed by atoms with Crippen molar-refractivity contribution in [2.45, 2.75) is 96.6 Å². The Morgan fingerprint density at radius 2 is 1.80 bits per heavy atom. The van der Waals surface area contributed by atoms with Crippen LogP contribution in [0, 0.1) is 5.92 Å². The highest BCUT2D eigenvalue weighted by Gasteiger charge is 2.38. The number of fused-ring (bicyclic) bond motifs is 1. The van der Waals surface area contributed by atoms with Gasteiger partial charge in [0.25, 0.3) is 5.56 Å². The lowest BCUT2D eigenvalue weighted by atomic mass is 9.77. The minimum Gasteiger partial charge on any atom is -0.493 e. The van der Waals surface area contributed by atoms with Gasteiger partial charge in [-0.2, -0.15) is 4.31 Å². The number of hydrogen-bond acceptors (Lipinski definition) is 6. The average Bonchev–Trinajstić information content (AvgIpc) is 3.33. The monoisotopic (exact) mass is 572 g/mol. The Bertz CT molecular complexity index is 1480. The van der Waals surface area contributed by atoms with Gasteiger partial charge in [-0.3, -0.25) is 4.79 Å². The number of rotatable bonds is 12. The van der Waals surface area contributed by atoms with Crippen molar-refractivity contribution in [3.8, 4) is 17.1 Å². The molecule has 220 valence electrons. The van der Waals surface area contributed by atoms with Crippen LogP contribution in [0.5, 0.6) is 5.75 Å². The van der Waals surface area contributed by atoms with Crippen LogP contribution in [0.25, 0.3) is 22.4 Å². The maximum Gasteiger partial charge on any atom is 0.275 e. The molecule has 9 nitrogen and oxygen atoms in total. The number of piperidine rings is 1. The van der Waals surface area contributed by atoms with Crippen LogP contribution in [-0.2, 0) is 23.0 Å². The van der Waals surface area contributed by atoms with E-state index in [4.69, 9.17) is 9.72 Å². The van der Waals surface area contributed by atoms with E-state index in [1.807, 2.05) is 38.5 Å². The molecule has 1 fully saturated rings. The van der Waals surface area contributed by atoms with Crippen molar-refractivity contribution in [2.75, 3.05) is 19.7 Å². The van der Waals surface area contributed by atoms with Crippen molar-refractivity contribution >= 4 is 21.1 Å². The molecule has 1 aliphatic rings. The van der Waals surface area contributed by atoms with E-state index in [-0.39, 0.29) is 16.4 Å². The SMILES string of the molecule is CCCOc1ccc(S(=O)(=O)N2CCC(C(O)(CC)CC)CC2)cc1-c1nc2c(CCC)cn(CC)c2c(=O)[nH]1. The van der Waals surface area contributed by atoms with E-state index in [0.29, 0.717) is 80.1 Å². The summed E-state index contributed by atoms with van der Waals surface area (Å²) in [6, 6.07) is 4.80. The normalized spacial score (nSPS) is 15.7. The quantitative estimate of drug-likeness (QED) is 0.312. The van der Waals surface area contributed by atoms with Gasteiger partial charge < -0.3 is 19.4 Å². The number of aromatic nitrogens is 3. The number of aromatic amines is 1. The molecule has 40 heavy (non-hydrogen) atoms. The van der Waals surface area contributed by atoms with Gasteiger partial charge in [-0.1, -0.05) is 34.1 Å². The van der Waals surface area contributed by atoms with Crippen molar-refractivity contribution in [1.82, 2.24) is 18.8 Å². The highest BCUT2D eigenvalue weighted by Crippen LogP contribution is 2.37. The van der Waals surface area contributed by atoms with Crippen LogP contribution in [0.4, 0.5) is 0 Å². The first kappa shape index (κ1) is 30.3. The summed E-state index contributed by atoms with van der Waals surface area (Å²) >= 11 is 0. The van der Waals surface area contributed by atoms with E-state index in [0.717, 1.165) is 24.8 Å². The van der Waals surface area contributed by atoms with Crippen molar-refractivity contribution in [2.24, 2.45) is 5.92 Å². The van der Waals surface area contributed by atoms with Gasteiger partial charge in [0, 0.05) is 25.8 Å². The maximum atomic E-state index is 13.8. The third kappa shape index (κ3) is 5.71. The van der Waals surface area contributed by atoms with E-state index in [2.05, 4.69) is 11.9 Å². The first-order valence-corrected chi connectivity index (χ1v) is 16.2. The zero-order valence-electron chi connectivity index (χ0n) is 24.5. The fourth-order valence-electron chi connectivity index (χ4n) is 5.90. The topological polar surface area (TPSA) is 118 Å². The van der Waals surface area contributed by atoms with E-state index < -0.39 is 15.6 Å². The van der Waals surface area contributed by atoms with Gasteiger partial charge in [0.1, 0.15) is 17.1 Å². The molecule has 0 saturated carbocycles. The third-order valence-corrected chi connectivity index (χ3v) is 10.3.